The molecular weight excluding hydrogens is 444 g/mol. The molecular formula is C27H30N4O4. The lowest BCUT2D eigenvalue weighted by molar-refractivity contribution is -0.0261. The van der Waals surface area contributed by atoms with Crippen LogP contribution in [0.15, 0.2) is 42.7 Å². The molecule has 5 rings (SSSR count). The van der Waals surface area contributed by atoms with Crippen LogP contribution in [0.25, 0.3) is 11.3 Å². The number of methoxy groups -OCH3 is 1. The summed E-state index contributed by atoms with van der Waals surface area (Å²) in [4.78, 5) is 26.7. The van der Waals surface area contributed by atoms with Gasteiger partial charge in [-0.2, -0.15) is 0 Å². The number of ether oxygens (including phenoxy) is 2. The molecule has 1 aliphatic heterocycles. The number of nitrogens with zero attached hydrogens (tertiary/aromatic N) is 3. The van der Waals surface area contributed by atoms with Gasteiger partial charge in [-0.05, 0) is 73.4 Å². The monoisotopic (exact) mass is 474 g/mol. The number of pyridine rings is 3. The van der Waals surface area contributed by atoms with Gasteiger partial charge in [0, 0.05) is 36.3 Å². The second-order valence-electron chi connectivity index (χ2n) is 9.13. The number of aliphatic hydroxyl groups excluding tert-OH is 1. The standard InChI is InChI=1S/C27H30N4O4/c1-34-26-9-7-18(15-29-26)21-8-6-17(14-28-21)12-19-13-24(30-22-5-3-2-4-20(19)22)27(33)31-23-10-11-35-16-25(23)32/h6-9,13-15,23,25,32H,2-5,10-12,16H2,1H3,(H,31,33)/t23-,25-/m0/s1. The number of hydrogen-bond donors (Lipinski definition) is 2. The minimum absolute atomic E-state index is 0.239. The highest BCUT2D eigenvalue weighted by atomic mass is 16.5. The Morgan fingerprint density at radius 2 is 2.06 bits per heavy atom. The van der Waals surface area contributed by atoms with Crippen molar-refractivity contribution in [2.75, 3.05) is 20.3 Å². The van der Waals surface area contributed by atoms with Gasteiger partial charge in [-0.15, -0.1) is 0 Å². The van der Waals surface area contributed by atoms with Crippen molar-refractivity contribution in [3.8, 4) is 17.1 Å². The molecule has 2 aliphatic rings. The Labute approximate surface area is 204 Å². The molecule has 8 heteroatoms. The molecule has 0 unspecified atom stereocenters. The van der Waals surface area contributed by atoms with E-state index in [1.807, 2.05) is 30.5 Å². The van der Waals surface area contributed by atoms with Crippen molar-refractivity contribution in [1.82, 2.24) is 20.3 Å². The second-order valence-corrected chi connectivity index (χ2v) is 9.13. The first-order valence-corrected chi connectivity index (χ1v) is 12.1. The van der Waals surface area contributed by atoms with E-state index in [2.05, 4.69) is 21.4 Å². The van der Waals surface area contributed by atoms with Crippen molar-refractivity contribution < 1.29 is 19.4 Å². The van der Waals surface area contributed by atoms with Crippen LogP contribution in [0.3, 0.4) is 0 Å². The number of nitrogens with one attached hydrogen (secondary N) is 1. The third-order valence-corrected chi connectivity index (χ3v) is 6.73. The van der Waals surface area contributed by atoms with Crippen LogP contribution in [0.5, 0.6) is 5.88 Å². The molecule has 35 heavy (non-hydrogen) atoms. The summed E-state index contributed by atoms with van der Waals surface area (Å²) in [5.74, 6) is 0.324. The van der Waals surface area contributed by atoms with Crippen molar-refractivity contribution in [2.24, 2.45) is 0 Å². The molecule has 1 amide bonds. The van der Waals surface area contributed by atoms with Gasteiger partial charge in [0.1, 0.15) is 5.69 Å². The lowest BCUT2D eigenvalue weighted by Crippen LogP contribution is -2.48. The number of fused-ring (bicyclic) bond motifs is 1. The van der Waals surface area contributed by atoms with Crippen LogP contribution in [0.4, 0.5) is 0 Å². The number of aryl methyl sites for hydroxylation is 1. The Morgan fingerprint density at radius 1 is 1.17 bits per heavy atom. The maximum atomic E-state index is 13.0. The van der Waals surface area contributed by atoms with Crippen LogP contribution in [-0.2, 0) is 24.0 Å². The molecule has 1 fully saturated rings. The summed E-state index contributed by atoms with van der Waals surface area (Å²) in [6.45, 7) is 0.768. The third-order valence-electron chi connectivity index (χ3n) is 6.73. The van der Waals surface area contributed by atoms with Crippen molar-refractivity contribution in [1.29, 1.82) is 0 Å². The number of rotatable bonds is 6. The van der Waals surface area contributed by atoms with Crippen molar-refractivity contribution >= 4 is 5.91 Å². The number of hydrogen-bond acceptors (Lipinski definition) is 7. The Kier molecular flexibility index (Phi) is 7.01. The zero-order chi connectivity index (χ0) is 24.2. The molecule has 1 saturated heterocycles. The SMILES string of the molecule is COc1ccc(-c2ccc(Cc3cc(C(=O)N[C@H]4CCOC[C@@H]4O)nc4c3CCCC4)cn2)cn1. The average molecular weight is 475 g/mol. The van der Waals surface area contributed by atoms with E-state index in [4.69, 9.17) is 14.5 Å². The Morgan fingerprint density at radius 3 is 2.80 bits per heavy atom. The largest absolute Gasteiger partial charge is 0.481 e. The number of aliphatic hydroxyl groups is 1. The van der Waals surface area contributed by atoms with Crippen LogP contribution in [0, 0.1) is 0 Å². The van der Waals surface area contributed by atoms with Gasteiger partial charge in [0.2, 0.25) is 5.88 Å². The maximum absolute atomic E-state index is 13.0. The first-order valence-electron chi connectivity index (χ1n) is 12.1. The van der Waals surface area contributed by atoms with Gasteiger partial charge in [-0.1, -0.05) is 6.07 Å². The third kappa shape index (κ3) is 5.33. The number of carbonyl (C=O) groups excluding carboxylic acids is 1. The van der Waals surface area contributed by atoms with Crippen LogP contribution in [0.1, 0.15) is 52.1 Å². The number of carbonyl (C=O) groups is 1. The van der Waals surface area contributed by atoms with Crippen molar-refractivity contribution in [2.45, 2.75) is 50.7 Å². The van der Waals surface area contributed by atoms with Gasteiger partial charge in [-0.25, -0.2) is 9.97 Å². The minimum atomic E-state index is -0.699. The van der Waals surface area contributed by atoms with Gasteiger partial charge < -0.3 is 19.9 Å². The Hall–Kier alpha value is -3.36. The fourth-order valence-corrected chi connectivity index (χ4v) is 4.77. The Bertz CT molecular complexity index is 1180. The summed E-state index contributed by atoms with van der Waals surface area (Å²) in [5, 5.41) is 13.1. The minimum Gasteiger partial charge on any atom is -0.481 e. The van der Waals surface area contributed by atoms with Crippen LogP contribution < -0.4 is 10.1 Å². The quantitative estimate of drug-likeness (QED) is 0.566. The highest BCUT2D eigenvalue weighted by molar-refractivity contribution is 5.93. The lowest BCUT2D eigenvalue weighted by atomic mass is 9.89. The Balaban J connectivity index is 1.37. The summed E-state index contributed by atoms with van der Waals surface area (Å²) in [5.41, 5.74) is 6.63. The summed E-state index contributed by atoms with van der Waals surface area (Å²) >= 11 is 0. The first-order chi connectivity index (χ1) is 17.1. The maximum Gasteiger partial charge on any atom is 0.270 e. The molecule has 8 nitrogen and oxygen atoms in total. The molecule has 0 saturated carbocycles. The molecule has 2 atom stereocenters. The molecule has 2 N–H and O–H groups in total. The van der Waals surface area contributed by atoms with Gasteiger partial charge in [0.15, 0.2) is 0 Å². The second kappa shape index (κ2) is 10.5. The van der Waals surface area contributed by atoms with Crippen molar-refractivity contribution in [3.63, 3.8) is 0 Å². The first kappa shape index (κ1) is 23.4. The normalized spacial score (nSPS) is 19.6. The molecule has 182 valence electrons. The van der Waals surface area contributed by atoms with E-state index in [1.165, 1.54) is 5.56 Å². The molecule has 0 radical (unpaired) electrons. The predicted molar refractivity (Wildman–Crippen MR) is 130 cm³/mol. The molecule has 3 aromatic rings. The topological polar surface area (TPSA) is 106 Å². The summed E-state index contributed by atoms with van der Waals surface area (Å²) in [6, 6.07) is 9.41. The lowest BCUT2D eigenvalue weighted by Gasteiger charge is -2.28. The zero-order valence-corrected chi connectivity index (χ0v) is 19.9. The van der Waals surface area contributed by atoms with E-state index in [-0.39, 0.29) is 18.6 Å². The summed E-state index contributed by atoms with van der Waals surface area (Å²) < 4.78 is 10.4. The molecule has 0 aromatic carbocycles. The van der Waals surface area contributed by atoms with E-state index in [0.717, 1.165) is 53.8 Å². The molecule has 4 heterocycles. The van der Waals surface area contributed by atoms with Crippen LogP contribution in [-0.4, -0.2) is 58.4 Å². The molecule has 1 aliphatic carbocycles. The summed E-state index contributed by atoms with van der Waals surface area (Å²) in [6.07, 6.45) is 8.26. The fourth-order valence-electron chi connectivity index (χ4n) is 4.77. The highest BCUT2D eigenvalue weighted by Gasteiger charge is 2.27. The average Bonchev–Trinajstić information content (AvgIpc) is 2.90. The van der Waals surface area contributed by atoms with Crippen LogP contribution >= 0.6 is 0 Å². The highest BCUT2D eigenvalue weighted by Crippen LogP contribution is 2.27. The van der Waals surface area contributed by atoms with E-state index >= 15 is 0 Å². The van der Waals surface area contributed by atoms with E-state index < -0.39 is 6.10 Å². The summed E-state index contributed by atoms with van der Waals surface area (Å²) in [7, 11) is 1.59. The molecule has 3 aromatic heterocycles. The zero-order valence-electron chi connectivity index (χ0n) is 19.9. The molecule has 0 bridgehead atoms. The van der Waals surface area contributed by atoms with Crippen molar-refractivity contribution in [3.05, 3.63) is 70.8 Å². The van der Waals surface area contributed by atoms with Gasteiger partial charge in [0.25, 0.3) is 5.91 Å². The number of amides is 1. The van der Waals surface area contributed by atoms with E-state index in [0.29, 0.717) is 31.0 Å². The smallest absolute Gasteiger partial charge is 0.270 e. The van der Waals surface area contributed by atoms with Crippen LogP contribution in [0.2, 0.25) is 0 Å². The van der Waals surface area contributed by atoms with Gasteiger partial charge >= 0.3 is 0 Å². The van der Waals surface area contributed by atoms with Gasteiger partial charge in [0.05, 0.1) is 31.6 Å². The predicted octanol–water partition coefficient (Wildman–Crippen LogP) is 2.90. The molecule has 0 spiro atoms. The number of aromatic nitrogens is 3. The van der Waals surface area contributed by atoms with E-state index in [1.54, 1.807) is 13.3 Å². The fraction of sp³-hybridized carbons (Fsp3) is 0.407. The van der Waals surface area contributed by atoms with E-state index in [9.17, 15) is 9.90 Å². The van der Waals surface area contributed by atoms with Gasteiger partial charge in [-0.3, -0.25) is 9.78 Å².